The molecule has 14 heavy (non-hydrogen) atoms. The van der Waals surface area contributed by atoms with Gasteiger partial charge in [0.05, 0.1) is 5.02 Å². The summed E-state index contributed by atoms with van der Waals surface area (Å²) in [6.45, 7) is 1.92. The van der Waals surface area contributed by atoms with Gasteiger partial charge in [0, 0.05) is 10.5 Å². The zero-order valence-electron chi connectivity index (χ0n) is 7.42. The lowest BCUT2D eigenvalue weighted by Gasteiger charge is -2.02. The minimum absolute atomic E-state index is 0.521. The predicted molar refractivity (Wildman–Crippen MR) is 60.6 cm³/mol. The smallest absolute Gasteiger partial charge is 0.328 e. The lowest BCUT2D eigenvalue weighted by molar-refractivity contribution is -0.131. The summed E-state index contributed by atoms with van der Waals surface area (Å²) < 4.78 is 0.768. The Morgan fingerprint density at radius 2 is 2.21 bits per heavy atom. The van der Waals surface area contributed by atoms with E-state index in [4.69, 9.17) is 16.7 Å². The average molecular weight is 276 g/mol. The maximum atomic E-state index is 10.3. The van der Waals surface area contributed by atoms with Gasteiger partial charge in [0.2, 0.25) is 0 Å². The molecule has 0 aliphatic rings. The van der Waals surface area contributed by atoms with Gasteiger partial charge < -0.3 is 5.11 Å². The summed E-state index contributed by atoms with van der Waals surface area (Å²) in [5.41, 5.74) is 1.72. The Kier molecular flexibility index (Phi) is 3.72. The highest BCUT2D eigenvalue weighted by molar-refractivity contribution is 9.10. The third-order valence-corrected chi connectivity index (χ3v) is 2.88. The van der Waals surface area contributed by atoms with E-state index in [-0.39, 0.29) is 0 Å². The lowest BCUT2D eigenvalue weighted by atomic mass is 10.1. The van der Waals surface area contributed by atoms with Gasteiger partial charge in [-0.2, -0.15) is 0 Å². The number of carboxylic acid groups (broad SMARTS) is 1. The van der Waals surface area contributed by atoms with E-state index in [1.165, 1.54) is 6.08 Å². The fraction of sp³-hybridized carbons (Fsp3) is 0.100. The number of aryl methyl sites for hydroxylation is 1. The predicted octanol–water partition coefficient (Wildman–Crippen LogP) is 3.51. The minimum atomic E-state index is -0.987. The zero-order chi connectivity index (χ0) is 10.7. The SMILES string of the molecule is Cc1cc(Br)c(Cl)c(/C=C/C(=O)O)c1. The molecule has 1 aromatic carbocycles. The maximum absolute atomic E-state index is 10.3. The summed E-state index contributed by atoms with van der Waals surface area (Å²) in [4.78, 5) is 10.3. The monoisotopic (exact) mass is 274 g/mol. The first-order valence-corrected chi connectivity index (χ1v) is 5.04. The van der Waals surface area contributed by atoms with Crippen molar-refractivity contribution in [3.63, 3.8) is 0 Å². The summed E-state index contributed by atoms with van der Waals surface area (Å²) in [5, 5.41) is 8.98. The number of carboxylic acids is 1. The summed E-state index contributed by atoms with van der Waals surface area (Å²) in [6.07, 6.45) is 2.54. The third-order valence-electron chi connectivity index (χ3n) is 1.61. The standard InChI is InChI=1S/C10H8BrClO2/c1-6-4-7(2-3-9(13)14)10(12)8(11)5-6/h2-5H,1H3,(H,13,14)/b3-2+. The number of hydrogen-bond donors (Lipinski definition) is 1. The molecule has 1 N–H and O–H groups in total. The molecule has 0 radical (unpaired) electrons. The van der Waals surface area contributed by atoms with Crippen molar-refractivity contribution in [2.75, 3.05) is 0 Å². The van der Waals surface area contributed by atoms with Crippen molar-refractivity contribution in [2.24, 2.45) is 0 Å². The van der Waals surface area contributed by atoms with Gasteiger partial charge in [0.1, 0.15) is 0 Å². The quantitative estimate of drug-likeness (QED) is 0.839. The molecule has 0 aliphatic carbocycles. The van der Waals surface area contributed by atoms with Crippen molar-refractivity contribution < 1.29 is 9.90 Å². The van der Waals surface area contributed by atoms with E-state index in [1.54, 1.807) is 0 Å². The Labute approximate surface area is 95.3 Å². The normalized spacial score (nSPS) is 10.8. The van der Waals surface area contributed by atoms with Crippen LogP contribution in [0.3, 0.4) is 0 Å². The van der Waals surface area contributed by atoms with Crippen LogP contribution in [-0.4, -0.2) is 11.1 Å². The van der Waals surface area contributed by atoms with E-state index < -0.39 is 5.97 Å². The van der Waals surface area contributed by atoms with E-state index in [1.807, 2.05) is 19.1 Å². The number of halogens is 2. The van der Waals surface area contributed by atoms with Crippen LogP contribution in [0.15, 0.2) is 22.7 Å². The summed E-state index contributed by atoms with van der Waals surface area (Å²) >= 11 is 9.25. The van der Waals surface area contributed by atoms with Crippen LogP contribution in [-0.2, 0) is 4.79 Å². The third kappa shape index (κ3) is 2.86. The minimum Gasteiger partial charge on any atom is -0.478 e. The topological polar surface area (TPSA) is 37.3 Å². The molecule has 2 nitrogen and oxygen atoms in total. The molecule has 0 saturated heterocycles. The number of carbonyl (C=O) groups is 1. The second-order valence-electron chi connectivity index (χ2n) is 2.82. The van der Waals surface area contributed by atoms with Crippen LogP contribution in [0, 0.1) is 6.92 Å². The summed E-state index contributed by atoms with van der Waals surface area (Å²) in [6, 6.07) is 3.70. The molecule has 0 fully saturated rings. The molecule has 1 aromatic rings. The highest BCUT2D eigenvalue weighted by Gasteiger charge is 2.03. The van der Waals surface area contributed by atoms with Crippen molar-refractivity contribution in [3.05, 3.63) is 38.8 Å². The van der Waals surface area contributed by atoms with Crippen LogP contribution < -0.4 is 0 Å². The first-order valence-electron chi connectivity index (χ1n) is 3.87. The molecule has 0 heterocycles. The number of rotatable bonds is 2. The van der Waals surface area contributed by atoms with E-state index in [2.05, 4.69) is 15.9 Å². The molecule has 0 saturated carbocycles. The number of hydrogen-bond acceptors (Lipinski definition) is 1. The van der Waals surface area contributed by atoms with Crippen molar-refractivity contribution in [1.82, 2.24) is 0 Å². The molecule has 0 unspecified atom stereocenters. The second kappa shape index (κ2) is 4.62. The lowest BCUT2D eigenvalue weighted by Crippen LogP contribution is -1.87. The Hall–Kier alpha value is -0.800. The molecular formula is C10H8BrClO2. The Balaban J connectivity index is 3.14. The molecule has 4 heteroatoms. The fourth-order valence-corrected chi connectivity index (χ4v) is 1.80. The van der Waals surface area contributed by atoms with Gasteiger partial charge in [-0.25, -0.2) is 4.79 Å². The average Bonchev–Trinajstić information content (AvgIpc) is 2.08. The highest BCUT2D eigenvalue weighted by atomic mass is 79.9. The molecule has 0 spiro atoms. The van der Waals surface area contributed by atoms with Crippen molar-refractivity contribution in [1.29, 1.82) is 0 Å². The van der Waals surface area contributed by atoms with Gasteiger partial charge in [0.25, 0.3) is 0 Å². The van der Waals surface area contributed by atoms with Crippen molar-refractivity contribution in [2.45, 2.75) is 6.92 Å². The van der Waals surface area contributed by atoms with Gasteiger partial charge in [0.15, 0.2) is 0 Å². The molecular weight excluding hydrogens is 267 g/mol. The first-order chi connectivity index (χ1) is 6.50. The van der Waals surface area contributed by atoms with Crippen LogP contribution in [0.25, 0.3) is 6.08 Å². The largest absolute Gasteiger partial charge is 0.478 e. The van der Waals surface area contributed by atoms with Crippen molar-refractivity contribution in [3.8, 4) is 0 Å². The van der Waals surface area contributed by atoms with Crippen molar-refractivity contribution >= 4 is 39.6 Å². The second-order valence-corrected chi connectivity index (χ2v) is 4.05. The molecule has 0 aliphatic heterocycles. The van der Waals surface area contributed by atoms with E-state index in [9.17, 15) is 4.79 Å². The van der Waals surface area contributed by atoms with Gasteiger partial charge >= 0.3 is 5.97 Å². The Bertz CT molecular complexity index is 399. The molecule has 0 amide bonds. The van der Waals surface area contributed by atoms with Gasteiger partial charge in [-0.3, -0.25) is 0 Å². The van der Waals surface area contributed by atoms with Crippen LogP contribution in [0.2, 0.25) is 5.02 Å². The van der Waals surface area contributed by atoms with Crippen LogP contribution >= 0.6 is 27.5 Å². The summed E-state index contributed by atoms with van der Waals surface area (Å²) in [7, 11) is 0. The number of benzene rings is 1. The summed E-state index contributed by atoms with van der Waals surface area (Å²) in [5.74, 6) is -0.987. The number of aliphatic carboxylic acids is 1. The van der Waals surface area contributed by atoms with E-state index in [0.717, 1.165) is 16.1 Å². The first kappa shape index (κ1) is 11.3. The molecule has 0 atom stereocenters. The van der Waals surface area contributed by atoms with Gasteiger partial charge in [-0.05, 0) is 46.1 Å². The van der Waals surface area contributed by atoms with Gasteiger partial charge in [-0.1, -0.05) is 17.7 Å². The van der Waals surface area contributed by atoms with Crippen LogP contribution in [0.1, 0.15) is 11.1 Å². The molecule has 0 bridgehead atoms. The van der Waals surface area contributed by atoms with Crippen LogP contribution in [0.5, 0.6) is 0 Å². The van der Waals surface area contributed by atoms with Crippen LogP contribution in [0.4, 0.5) is 0 Å². The Morgan fingerprint density at radius 1 is 1.57 bits per heavy atom. The van der Waals surface area contributed by atoms with E-state index >= 15 is 0 Å². The molecule has 0 aromatic heterocycles. The Morgan fingerprint density at radius 3 is 2.79 bits per heavy atom. The molecule has 74 valence electrons. The molecule has 1 rings (SSSR count). The fourth-order valence-electron chi connectivity index (χ4n) is 1.03. The van der Waals surface area contributed by atoms with Gasteiger partial charge in [-0.15, -0.1) is 0 Å². The van der Waals surface area contributed by atoms with E-state index in [0.29, 0.717) is 10.6 Å². The zero-order valence-corrected chi connectivity index (χ0v) is 9.76. The maximum Gasteiger partial charge on any atom is 0.328 e. The highest BCUT2D eigenvalue weighted by Crippen LogP contribution is 2.28.